The van der Waals surface area contributed by atoms with Crippen molar-refractivity contribution in [3.8, 4) is 0 Å². The minimum Gasteiger partial charge on any atom is -0.293 e. The Morgan fingerprint density at radius 1 is 0.926 bits per heavy atom. The number of hydrogen-bond donors (Lipinski definition) is 0. The SMILES string of the molecule is CC1=NN(c2ccc(C)cc2)C(=O)[C@]12C(=O)C=CC[C@H]2c1ccc(C)cc1. The van der Waals surface area contributed by atoms with Crippen LogP contribution < -0.4 is 5.01 Å². The fraction of sp³-hybridized carbons (Fsp3) is 0.261. The number of carbonyl (C=O) groups excluding carboxylic acids is 2. The van der Waals surface area contributed by atoms with Crippen molar-refractivity contribution in [1.29, 1.82) is 0 Å². The number of rotatable bonds is 2. The zero-order valence-corrected chi connectivity index (χ0v) is 15.8. The number of hydrogen-bond acceptors (Lipinski definition) is 3. The Labute approximate surface area is 159 Å². The first kappa shape index (κ1) is 17.4. The van der Waals surface area contributed by atoms with E-state index in [1.54, 1.807) is 13.0 Å². The summed E-state index contributed by atoms with van der Waals surface area (Å²) in [6.45, 7) is 5.82. The Morgan fingerprint density at radius 3 is 2.15 bits per heavy atom. The smallest absolute Gasteiger partial charge is 0.267 e. The van der Waals surface area contributed by atoms with Crippen molar-refractivity contribution < 1.29 is 9.59 Å². The minimum absolute atomic E-state index is 0.180. The number of benzene rings is 2. The number of hydrazone groups is 1. The predicted molar refractivity (Wildman–Crippen MR) is 107 cm³/mol. The second-order valence-electron chi connectivity index (χ2n) is 7.41. The molecule has 2 aromatic carbocycles. The quantitative estimate of drug-likeness (QED) is 0.751. The van der Waals surface area contributed by atoms with Gasteiger partial charge in [-0.15, -0.1) is 0 Å². The average molecular weight is 358 g/mol. The number of allylic oxidation sites excluding steroid dienone is 2. The van der Waals surface area contributed by atoms with Crippen LogP contribution in [0, 0.1) is 19.3 Å². The van der Waals surface area contributed by atoms with Crippen LogP contribution in [-0.2, 0) is 9.59 Å². The lowest BCUT2D eigenvalue weighted by molar-refractivity contribution is -0.134. The predicted octanol–water partition coefficient (Wildman–Crippen LogP) is 4.33. The Bertz CT molecular complexity index is 970. The van der Waals surface area contributed by atoms with E-state index in [9.17, 15) is 9.59 Å². The number of nitrogens with zero attached hydrogens (tertiary/aromatic N) is 2. The lowest BCUT2D eigenvalue weighted by Gasteiger charge is -2.36. The summed E-state index contributed by atoms with van der Waals surface area (Å²) >= 11 is 0. The summed E-state index contributed by atoms with van der Waals surface area (Å²) in [6.07, 6.45) is 4.04. The van der Waals surface area contributed by atoms with Gasteiger partial charge in [0.15, 0.2) is 11.2 Å². The first-order valence-electron chi connectivity index (χ1n) is 9.19. The van der Waals surface area contributed by atoms with E-state index in [0.29, 0.717) is 17.8 Å². The molecule has 27 heavy (non-hydrogen) atoms. The molecule has 4 heteroatoms. The van der Waals surface area contributed by atoms with E-state index in [-0.39, 0.29) is 17.6 Å². The van der Waals surface area contributed by atoms with Crippen molar-refractivity contribution in [2.24, 2.45) is 10.5 Å². The van der Waals surface area contributed by atoms with Gasteiger partial charge in [0, 0.05) is 5.92 Å². The van der Waals surface area contributed by atoms with Crippen LogP contribution in [-0.4, -0.2) is 17.4 Å². The molecule has 4 nitrogen and oxygen atoms in total. The largest absolute Gasteiger partial charge is 0.293 e. The van der Waals surface area contributed by atoms with Gasteiger partial charge in [0.2, 0.25) is 0 Å². The fourth-order valence-corrected chi connectivity index (χ4v) is 4.12. The van der Waals surface area contributed by atoms with Gasteiger partial charge < -0.3 is 0 Å². The van der Waals surface area contributed by atoms with E-state index in [1.165, 1.54) is 5.01 Å². The van der Waals surface area contributed by atoms with E-state index in [2.05, 4.69) is 5.10 Å². The van der Waals surface area contributed by atoms with Crippen molar-refractivity contribution >= 4 is 23.1 Å². The Balaban J connectivity index is 1.83. The van der Waals surface area contributed by atoms with Crippen molar-refractivity contribution in [2.45, 2.75) is 33.1 Å². The van der Waals surface area contributed by atoms with Crippen LogP contribution >= 0.6 is 0 Å². The van der Waals surface area contributed by atoms with Gasteiger partial charge in [-0.1, -0.05) is 53.6 Å². The standard InChI is InChI=1S/C23H22N2O2/c1-15-7-11-18(12-8-15)20-5-4-6-21(26)23(20)17(3)24-25(22(23)27)19-13-9-16(2)10-14-19/h4,6-14,20H,5H2,1-3H3/t20-,23+/m0/s1. The van der Waals surface area contributed by atoms with Gasteiger partial charge in [-0.2, -0.15) is 10.1 Å². The van der Waals surface area contributed by atoms with Crippen LogP contribution in [0.4, 0.5) is 5.69 Å². The van der Waals surface area contributed by atoms with Gasteiger partial charge in [-0.25, -0.2) is 0 Å². The maximum atomic E-state index is 13.6. The first-order chi connectivity index (χ1) is 12.9. The first-order valence-corrected chi connectivity index (χ1v) is 9.19. The zero-order valence-electron chi connectivity index (χ0n) is 15.8. The number of anilines is 1. The molecule has 1 spiro atoms. The molecule has 136 valence electrons. The molecular weight excluding hydrogens is 336 g/mol. The topological polar surface area (TPSA) is 49.7 Å². The number of ketones is 1. The van der Waals surface area contributed by atoms with Crippen molar-refractivity contribution in [3.05, 3.63) is 77.4 Å². The number of carbonyl (C=O) groups is 2. The number of aryl methyl sites for hydroxylation is 2. The van der Waals surface area contributed by atoms with Crippen LogP contribution in [0.1, 0.15) is 36.0 Å². The molecule has 0 fully saturated rings. The summed E-state index contributed by atoms with van der Waals surface area (Å²) in [5.41, 5.74) is 3.24. The molecule has 2 aromatic rings. The normalized spacial score (nSPS) is 24.6. The lowest BCUT2D eigenvalue weighted by atomic mass is 9.62. The fourth-order valence-electron chi connectivity index (χ4n) is 4.12. The van der Waals surface area contributed by atoms with E-state index < -0.39 is 5.41 Å². The third-order valence-electron chi connectivity index (χ3n) is 5.66. The molecule has 0 saturated heterocycles. The van der Waals surface area contributed by atoms with Crippen LogP contribution in [0.2, 0.25) is 0 Å². The summed E-state index contributed by atoms with van der Waals surface area (Å²) in [5.74, 6) is -0.689. The van der Waals surface area contributed by atoms with Crippen LogP contribution in [0.25, 0.3) is 0 Å². The highest BCUT2D eigenvalue weighted by Crippen LogP contribution is 2.49. The highest BCUT2D eigenvalue weighted by atomic mass is 16.2. The molecule has 0 radical (unpaired) electrons. The van der Waals surface area contributed by atoms with Gasteiger partial charge in [0.25, 0.3) is 5.91 Å². The zero-order chi connectivity index (χ0) is 19.2. The molecule has 1 amide bonds. The van der Waals surface area contributed by atoms with Crippen molar-refractivity contribution in [3.63, 3.8) is 0 Å². The van der Waals surface area contributed by atoms with E-state index in [1.807, 2.05) is 68.5 Å². The maximum Gasteiger partial charge on any atom is 0.267 e. The molecule has 0 saturated carbocycles. The van der Waals surface area contributed by atoms with Crippen LogP contribution in [0.5, 0.6) is 0 Å². The second kappa shape index (κ2) is 6.31. The summed E-state index contributed by atoms with van der Waals surface area (Å²) in [7, 11) is 0. The van der Waals surface area contributed by atoms with Gasteiger partial charge >= 0.3 is 0 Å². The molecule has 2 aliphatic rings. The Kier molecular flexibility index (Phi) is 4.06. The molecule has 1 heterocycles. The van der Waals surface area contributed by atoms with E-state index in [0.717, 1.165) is 16.7 Å². The molecule has 0 aromatic heterocycles. The van der Waals surface area contributed by atoms with Gasteiger partial charge in [0.05, 0.1) is 11.4 Å². The number of amides is 1. The van der Waals surface area contributed by atoms with Crippen molar-refractivity contribution in [1.82, 2.24) is 0 Å². The monoisotopic (exact) mass is 358 g/mol. The van der Waals surface area contributed by atoms with Gasteiger partial charge in [-0.3, -0.25) is 9.59 Å². The third-order valence-corrected chi connectivity index (χ3v) is 5.66. The molecule has 1 aliphatic carbocycles. The Hall–Kier alpha value is -3.01. The summed E-state index contributed by atoms with van der Waals surface area (Å²) in [4.78, 5) is 26.7. The molecule has 0 N–H and O–H groups in total. The molecule has 0 bridgehead atoms. The van der Waals surface area contributed by atoms with E-state index in [4.69, 9.17) is 0 Å². The minimum atomic E-state index is -1.26. The molecular formula is C23H22N2O2. The van der Waals surface area contributed by atoms with Gasteiger partial charge in [0.1, 0.15) is 0 Å². The lowest BCUT2D eigenvalue weighted by Crippen LogP contribution is -2.50. The molecule has 0 unspecified atom stereocenters. The summed E-state index contributed by atoms with van der Waals surface area (Å²) in [5, 5.41) is 5.93. The second-order valence-corrected chi connectivity index (χ2v) is 7.41. The van der Waals surface area contributed by atoms with Gasteiger partial charge in [-0.05, 0) is 51.0 Å². The van der Waals surface area contributed by atoms with Crippen molar-refractivity contribution in [2.75, 3.05) is 5.01 Å². The van der Waals surface area contributed by atoms with E-state index >= 15 is 0 Å². The maximum absolute atomic E-state index is 13.6. The molecule has 2 atom stereocenters. The average Bonchev–Trinajstić information content (AvgIpc) is 2.91. The van der Waals surface area contributed by atoms with Crippen LogP contribution in [0.15, 0.2) is 65.8 Å². The highest BCUT2D eigenvalue weighted by molar-refractivity contribution is 6.34. The third kappa shape index (κ3) is 2.55. The summed E-state index contributed by atoms with van der Waals surface area (Å²) < 4.78 is 0. The highest BCUT2D eigenvalue weighted by Gasteiger charge is 2.60. The summed E-state index contributed by atoms with van der Waals surface area (Å²) in [6, 6.07) is 15.7. The molecule has 1 aliphatic heterocycles. The molecule has 4 rings (SSSR count). The Morgan fingerprint density at radius 2 is 1.52 bits per heavy atom. The van der Waals surface area contributed by atoms with Crippen LogP contribution in [0.3, 0.4) is 0 Å².